The topological polar surface area (TPSA) is 143 Å². The number of hydrogen-bond donors (Lipinski definition) is 3. The largest absolute Gasteiger partial charge is 0.384 e. The fourth-order valence-electron chi connectivity index (χ4n) is 5.72. The maximum absolute atomic E-state index is 13.8. The van der Waals surface area contributed by atoms with Crippen molar-refractivity contribution in [1.29, 1.82) is 5.41 Å². The number of aromatic nitrogens is 2. The van der Waals surface area contributed by atoms with Crippen LogP contribution in [-0.2, 0) is 37.8 Å². The van der Waals surface area contributed by atoms with Crippen LogP contribution in [0.1, 0.15) is 28.1 Å². The first kappa shape index (κ1) is 33.8. The zero-order chi connectivity index (χ0) is 32.9. The van der Waals surface area contributed by atoms with Gasteiger partial charge in [-0.3, -0.25) is 20.3 Å². The number of halogens is 1. The number of non-ortho nitro benzene ring substituents is 1. The number of carbonyl (C=O) groups is 1. The van der Waals surface area contributed by atoms with E-state index in [9.17, 15) is 14.9 Å². The molecule has 1 heterocycles. The van der Waals surface area contributed by atoms with Crippen LogP contribution in [0.15, 0.2) is 109 Å². The van der Waals surface area contributed by atoms with Gasteiger partial charge in [0.25, 0.3) is 5.69 Å². The van der Waals surface area contributed by atoms with Gasteiger partial charge >= 0.3 is 0 Å². The number of nitrogens with zero attached hydrogens (tertiary/aromatic N) is 4. The van der Waals surface area contributed by atoms with Gasteiger partial charge in [0.2, 0.25) is 5.91 Å². The summed E-state index contributed by atoms with van der Waals surface area (Å²) < 4.78 is 2.09. The van der Waals surface area contributed by atoms with Crippen molar-refractivity contribution < 1.29 is 9.72 Å². The molecule has 0 aliphatic carbocycles. The minimum absolute atomic E-state index is 0. The number of hydrogen-bond acceptors (Lipinski definition) is 6. The van der Waals surface area contributed by atoms with Crippen molar-refractivity contribution in [3.05, 3.63) is 147 Å². The van der Waals surface area contributed by atoms with E-state index < -0.39 is 4.92 Å². The van der Waals surface area contributed by atoms with E-state index in [4.69, 9.17) is 16.1 Å². The summed E-state index contributed by atoms with van der Waals surface area (Å²) in [6.45, 7) is 0.858. The van der Waals surface area contributed by atoms with E-state index in [2.05, 4.69) is 34.1 Å². The van der Waals surface area contributed by atoms with E-state index in [0.717, 1.165) is 62.8 Å². The molecule has 0 unspecified atom stereocenters. The predicted octanol–water partition coefficient (Wildman–Crippen LogP) is 6.45. The average Bonchev–Trinajstić information content (AvgIpc) is 3.40. The number of amidine groups is 1. The molecule has 0 atom stereocenters. The normalized spacial score (nSPS) is 10.9. The van der Waals surface area contributed by atoms with E-state index in [1.165, 1.54) is 12.1 Å². The van der Waals surface area contributed by atoms with Crippen LogP contribution in [0, 0.1) is 15.5 Å². The minimum atomic E-state index is -0.429. The van der Waals surface area contributed by atoms with Crippen LogP contribution in [0.2, 0.25) is 0 Å². The highest BCUT2D eigenvalue weighted by Gasteiger charge is 2.19. The molecule has 11 heteroatoms. The zero-order valence-corrected chi connectivity index (χ0v) is 27.2. The number of nitro groups is 1. The Morgan fingerprint density at radius 3 is 2.29 bits per heavy atom. The first-order chi connectivity index (χ1) is 22.7. The van der Waals surface area contributed by atoms with Crippen LogP contribution in [0.25, 0.3) is 21.8 Å². The van der Waals surface area contributed by atoms with Crippen LogP contribution >= 0.6 is 12.4 Å². The Morgan fingerprint density at radius 1 is 0.896 bits per heavy atom. The van der Waals surface area contributed by atoms with Crippen molar-refractivity contribution in [2.24, 2.45) is 12.8 Å². The summed E-state index contributed by atoms with van der Waals surface area (Å²) in [5.74, 6) is 0.880. The maximum atomic E-state index is 13.8. The summed E-state index contributed by atoms with van der Waals surface area (Å²) in [6, 6.07) is 34.3. The quantitative estimate of drug-likeness (QED) is 0.0595. The molecular formula is C37H36ClN7O3. The van der Waals surface area contributed by atoms with Gasteiger partial charge in [0, 0.05) is 43.4 Å². The number of fused-ring (bicyclic) bond motifs is 2. The van der Waals surface area contributed by atoms with E-state index in [-0.39, 0.29) is 36.4 Å². The second kappa shape index (κ2) is 14.9. The summed E-state index contributed by atoms with van der Waals surface area (Å²) in [7, 11) is 2.00. The number of anilines is 1. The molecule has 10 nitrogen and oxygen atoms in total. The Labute approximate surface area is 284 Å². The van der Waals surface area contributed by atoms with E-state index in [1.807, 2.05) is 67.7 Å². The Morgan fingerprint density at radius 2 is 1.58 bits per heavy atom. The number of rotatable bonds is 12. The number of amides is 1. The smallest absolute Gasteiger partial charge is 0.269 e. The molecule has 0 spiro atoms. The molecule has 244 valence electrons. The number of imidazole rings is 1. The summed E-state index contributed by atoms with van der Waals surface area (Å²) in [4.78, 5) is 31.1. The average molecular weight is 662 g/mol. The number of nitrogen functional groups attached to an aromatic ring is 1. The van der Waals surface area contributed by atoms with Crippen molar-refractivity contribution in [2.75, 3.05) is 11.4 Å². The van der Waals surface area contributed by atoms with Gasteiger partial charge in [-0.05, 0) is 58.1 Å². The Kier molecular flexibility index (Phi) is 10.5. The lowest BCUT2D eigenvalue weighted by atomic mass is 10.1. The second-order valence-corrected chi connectivity index (χ2v) is 11.6. The molecule has 0 radical (unpaired) electrons. The minimum Gasteiger partial charge on any atom is -0.384 e. The Bertz CT molecular complexity index is 2090. The lowest BCUT2D eigenvalue weighted by molar-refractivity contribution is -0.384. The summed E-state index contributed by atoms with van der Waals surface area (Å²) >= 11 is 0. The Balaban J connectivity index is 0.00000451. The summed E-state index contributed by atoms with van der Waals surface area (Å²) in [5.41, 5.74) is 11.8. The molecule has 1 amide bonds. The molecule has 0 fully saturated rings. The van der Waals surface area contributed by atoms with Crippen LogP contribution in [0.4, 0.5) is 11.4 Å². The monoisotopic (exact) mass is 661 g/mol. The van der Waals surface area contributed by atoms with Gasteiger partial charge in [0.05, 0.1) is 29.0 Å². The Hall–Kier alpha value is -5.58. The molecule has 1 aromatic heterocycles. The fourth-order valence-corrected chi connectivity index (χ4v) is 5.72. The highest BCUT2D eigenvalue weighted by molar-refractivity contribution is 5.97. The van der Waals surface area contributed by atoms with Crippen molar-refractivity contribution in [2.45, 2.75) is 25.9 Å². The SMILES string of the molecule is Cl.Cn1c(CCc2ccc(C(=N)N)cc2)nc2cc(N(Cc3ccc4ccccc4c3)C(=O)CNCc3ccc([N+](=O)[O-])cc3)ccc21. The third-order valence-electron chi connectivity index (χ3n) is 8.38. The van der Waals surface area contributed by atoms with Gasteiger partial charge in [0.15, 0.2) is 0 Å². The van der Waals surface area contributed by atoms with E-state index in [0.29, 0.717) is 18.7 Å². The molecule has 4 N–H and O–H groups in total. The van der Waals surface area contributed by atoms with Crippen LogP contribution in [0.5, 0.6) is 0 Å². The van der Waals surface area contributed by atoms with Gasteiger partial charge in [-0.25, -0.2) is 4.98 Å². The van der Waals surface area contributed by atoms with Gasteiger partial charge < -0.3 is 20.5 Å². The zero-order valence-electron chi connectivity index (χ0n) is 26.4. The molecule has 5 aromatic carbocycles. The highest BCUT2D eigenvalue weighted by atomic mass is 35.5. The number of aryl methyl sites for hydroxylation is 3. The molecule has 6 rings (SSSR count). The van der Waals surface area contributed by atoms with Crippen LogP contribution in [0.3, 0.4) is 0 Å². The number of benzene rings is 5. The van der Waals surface area contributed by atoms with E-state index in [1.54, 1.807) is 17.0 Å². The van der Waals surface area contributed by atoms with Gasteiger partial charge in [-0.1, -0.05) is 72.8 Å². The van der Waals surface area contributed by atoms with Crippen molar-refractivity contribution in [3.63, 3.8) is 0 Å². The summed E-state index contributed by atoms with van der Waals surface area (Å²) in [5, 5.41) is 24.0. The van der Waals surface area contributed by atoms with Gasteiger partial charge in [-0.15, -0.1) is 12.4 Å². The molecule has 0 aliphatic heterocycles. The first-order valence-electron chi connectivity index (χ1n) is 15.4. The third kappa shape index (κ3) is 7.68. The molecule has 6 aromatic rings. The van der Waals surface area contributed by atoms with Crippen molar-refractivity contribution in [3.8, 4) is 0 Å². The summed E-state index contributed by atoms with van der Waals surface area (Å²) in [6.07, 6.45) is 1.52. The molecule has 0 saturated carbocycles. The first-order valence-corrected chi connectivity index (χ1v) is 15.4. The number of nitrogens with one attached hydrogen (secondary N) is 2. The highest BCUT2D eigenvalue weighted by Crippen LogP contribution is 2.26. The predicted molar refractivity (Wildman–Crippen MR) is 193 cm³/mol. The van der Waals surface area contributed by atoms with Gasteiger partial charge in [0.1, 0.15) is 11.7 Å². The second-order valence-electron chi connectivity index (χ2n) is 11.6. The number of nitro benzene ring substituents is 1. The van der Waals surface area contributed by atoms with Gasteiger partial charge in [-0.2, -0.15) is 0 Å². The molecule has 0 aliphatic rings. The molecule has 0 saturated heterocycles. The lowest BCUT2D eigenvalue weighted by Crippen LogP contribution is -2.37. The van der Waals surface area contributed by atoms with Crippen LogP contribution in [-0.4, -0.2) is 32.8 Å². The maximum Gasteiger partial charge on any atom is 0.269 e. The molecule has 48 heavy (non-hydrogen) atoms. The number of carbonyl (C=O) groups excluding carboxylic acids is 1. The molecular weight excluding hydrogens is 626 g/mol. The third-order valence-corrected chi connectivity index (χ3v) is 8.38. The van der Waals surface area contributed by atoms with Crippen molar-refractivity contribution >= 4 is 57.3 Å². The standard InChI is InChI=1S/C37H35N7O3.ClH/c1-42-34-18-17-32(21-33(34)41-35(42)19-11-25-6-13-29(14-7-25)37(38)39)43(24-27-8-12-28-4-2-3-5-30(28)20-27)36(45)23-40-22-26-9-15-31(16-10-26)44(46)47;/h2-10,12-18,20-21,40H,11,19,22-24H2,1H3,(H3,38,39);1H. The fraction of sp³-hybridized carbons (Fsp3) is 0.162. The van der Waals surface area contributed by atoms with Crippen molar-refractivity contribution in [1.82, 2.24) is 14.9 Å². The number of nitrogens with two attached hydrogens (primary N) is 1. The van der Waals surface area contributed by atoms with E-state index >= 15 is 0 Å². The molecule has 0 bridgehead atoms. The lowest BCUT2D eigenvalue weighted by Gasteiger charge is -2.24. The van der Waals surface area contributed by atoms with Crippen LogP contribution < -0.4 is 16.0 Å².